The summed E-state index contributed by atoms with van der Waals surface area (Å²) in [6.07, 6.45) is 0. The minimum absolute atomic E-state index is 0.346. The summed E-state index contributed by atoms with van der Waals surface area (Å²) >= 11 is 6.18. The predicted molar refractivity (Wildman–Crippen MR) is 93.1 cm³/mol. The Morgan fingerprint density at radius 3 is 2.23 bits per heavy atom. The summed E-state index contributed by atoms with van der Waals surface area (Å²) in [5.41, 5.74) is 2.60. The van der Waals surface area contributed by atoms with Crippen molar-refractivity contribution in [2.24, 2.45) is 0 Å². The van der Waals surface area contributed by atoms with Crippen LogP contribution < -0.4 is 5.59 Å². The van der Waals surface area contributed by atoms with Gasteiger partial charge in [-0.15, -0.1) is 0 Å². The normalized spacial score (nSPS) is 20.3. The summed E-state index contributed by atoms with van der Waals surface area (Å²) < 4.78 is 12.4. The summed E-state index contributed by atoms with van der Waals surface area (Å²) in [6.45, 7) is 12.6. The Morgan fingerprint density at radius 2 is 1.68 bits per heavy atom. The molecule has 0 spiro atoms. The minimum atomic E-state index is -0.381. The average Bonchev–Trinajstić information content (AvgIpc) is 2.84. The Balaban J connectivity index is 2.14. The molecule has 1 aromatic carbocycles. The number of rotatable bonds is 2. The molecule has 0 aliphatic carbocycles. The number of aromatic amines is 1. The molecular weight excluding hydrogens is 296 g/mol. The molecule has 1 aliphatic heterocycles. The molecule has 0 amide bonds. The molecule has 22 heavy (non-hydrogen) atoms. The molecule has 3 rings (SSSR count). The zero-order valence-corrected chi connectivity index (χ0v) is 14.8. The molecule has 3 nitrogen and oxygen atoms in total. The maximum Gasteiger partial charge on any atom is 0.512 e. The van der Waals surface area contributed by atoms with Crippen molar-refractivity contribution in [2.75, 3.05) is 0 Å². The summed E-state index contributed by atoms with van der Waals surface area (Å²) in [4.78, 5) is 3.48. The fraction of sp³-hybridized carbons (Fsp3) is 0.529. The second kappa shape index (κ2) is 5.02. The molecule has 0 atom stereocenters. The van der Waals surface area contributed by atoms with Crippen LogP contribution in [0.4, 0.5) is 0 Å². The standard InChI is InChI=1S/C17H23BClNO2/c1-10(2)14-12-9-11(19)7-8-13(12)20-15(14)18-21-16(3,4)17(5,6)22-18/h7-10,20H,1-6H3. The van der Waals surface area contributed by atoms with Crippen molar-refractivity contribution in [2.45, 2.75) is 58.7 Å². The van der Waals surface area contributed by atoms with Gasteiger partial charge < -0.3 is 14.3 Å². The Labute approximate surface area is 137 Å². The number of aromatic nitrogens is 1. The van der Waals surface area contributed by atoms with E-state index in [1.807, 2.05) is 18.2 Å². The van der Waals surface area contributed by atoms with Crippen molar-refractivity contribution in [3.8, 4) is 0 Å². The molecular formula is C17H23BClNO2. The lowest BCUT2D eigenvalue weighted by atomic mass is 9.78. The van der Waals surface area contributed by atoms with E-state index in [0.29, 0.717) is 5.92 Å². The second-order valence-electron chi connectivity index (χ2n) is 7.39. The third-order valence-electron chi connectivity index (χ3n) is 4.90. The molecule has 5 heteroatoms. The molecule has 1 saturated heterocycles. The van der Waals surface area contributed by atoms with Crippen LogP contribution in [0.2, 0.25) is 5.02 Å². The van der Waals surface area contributed by atoms with Crippen molar-refractivity contribution in [3.63, 3.8) is 0 Å². The van der Waals surface area contributed by atoms with Crippen LogP contribution >= 0.6 is 11.6 Å². The topological polar surface area (TPSA) is 34.2 Å². The van der Waals surface area contributed by atoms with E-state index in [-0.39, 0.29) is 18.3 Å². The number of benzene rings is 1. The number of hydrogen-bond acceptors (Lipinski definition) is 2. The van der Waals surface area contributed by atoms with E-state index in [4.69, 9.17) is 20.9 Å². The summed E-state index contributed by atoms with van der Waals surface area (Å²) in [7, 11) is -0.381. The van der Waals surface area contributed by atoms with Gasteiger partial charge in [0, 0.05) is 21.5 Å². The van der Waals surface area contributed by atoms with Gasteiger partial charge in [0.15, 0.2) is 0 Å². The minimum Gasteiger partial charge on any atom is -0.398 e. The van der Waals surface area contributed by atoms with Crippen LogP contribution in [0.1, 0.15) is 53.0 Å². The SMILES string of the molecule is CC(C)c1c(B2OC(C)(C)C(C)(C)O2)[nH]c2ccc(Cl)cc12. The molecule has 1 aliphatic rings. The van der Waals surface area contributed by atoms with Gasteiger partial charge in [-0.3, -0.25) is 0 Å². The van der Waals surface area contributed by atoms with E-state index in [1.165, 1.54) is 5.56 Å². The molecule has 0 unspecified atom stereocenters. The maximum absolute atomic E-state index is 6.21. The van der Waals surface area contributed by atoms with Crippen molar-refractivity contribution < 1.29 is 9.31 Å². The number of halogens is 1. The third kappa shape index (κ3) is 2.38. The van der Waals surface area contributed by atoms with Crippen LogP contribution in [0.15, 0.2) is 18.2 Å². The lowest BCUT2D eigenvalue weighted by molar-refractivity contribution is 0.00578. The first-order valence-electron chi connectivity index (χ1n) is 7.79. The fourth-order valence-electron chi connectivity index (χ4n) is 2.97. The molecule has 118 valence electrons. The van der Waals surface area contributed by atoms with Crippen LogP contribution in [0, 0.1) is 0 Å². The molecule has 1 N–H and O–H groups in total. The van der Waals surface area contributed by atoms with Gasteiger partial charge in [-0.25, -0.2) is 0 Å². The quantitative estimate of drug-likeness (QED) is 0.840. The van der Waals surface area contributed by atoms with Crippen molar-refractivity contribution in [1.82, 2.24) is 4.98 Å². The summed E-state index contributed by atoms with van der Waals surface area (Å²) in [6, 6.07) is 5.92. The fourth-order valence-corrected chi connectivity index (χ4v) is 3.15. The maximum atomic E-state index is 6.21. The van der Waals surface area contributed by atoms with Gasteiger partial charge in [-0.1, -0.05) is 25.4 Å². The third-order valence-corrected chi connectivity index (χ3v) is 5.13. The van der Waals surface area contributed by atoms with E-state index in [9.17, 15) is 0 Å². The molecule has 2 heterocycles. The average molecular weight is 320 g/mol. The molecule has 2 aromatic rings. The van der Waals surface area contributed by atoms with E-state index in [2.05, 4.69) is 46.5 Å². The molecule has 0 saturated carbocycles. The molecule has 1 fully saturated rings. The van der Waals surface area contributed by atoms with Crippen molar-refractivity contribution in [1.29, 1.82) is 0 Å². The summed E-state index contributed by atoms with van der Waals surface area (Å²) in [5, 5.41) is 1.89. The van der Waals surface area contributed by atoms with Crippen LogP contribution in [-0.4, -0.2) is 23.3 Å². The predicted octanol–water partition coefficient (Wildman–Crippen LogP) is 4.24. The summed E-state index contributed by atoms with van der Waals surface area (Å²) in [5.74, 6) is 0.348. The largest absolute Gasteiger partial charge is 0.512 e. The lowest BCUT2D eigenvalue weighted by Crippen LogP contribution is -2.41. The highest BCUT2D eigenvalue weighted by Gasteiger charge is 2.53. The van der Waals surface area contributed by atoms with Crippen LogP contribution in [-0.2, 0) is 9.31 Å². The van der Waals surface area contributed by atoms with Crippen LogP contribution in [0.3, 0.4) is 0 Å². The van der Waals surface area contributed by atoms with Gasteiger partial charge in [0.2, 0.25) is 0 Å². The van der Waals surface area contributed by atoms with Gasteiger partial charge in [0.05, 0.1) is 11.2 Å². The van der Waals surface area contributed by atoms with Crippen molar-refractivity contribution in [3.05, 3.63) is 28.8 Å². The first-order chi connectivity index (χ1) is 10.1. The zero-order valence-electron chi connectivity index (χ0n) is 14.1. The lowest BCUT2D eigenvalue weighted by Gasteiger charge is -2.32. The Morgan fingerprint density at radius 1 is 1.09 bits per heavy atom. The highest BCUT2D eigenvalue weighted by Crippen LogP contribution is 2.38. The van der Waals surface area contributed by atoms with Gasteiger partial charge in [-0.05, 0) is 57.4 Å². The highest BCUT2D eigenvalue weighted by atomic mass is 35.5. The van der Waals surface area contributed by atoms with E-state index >= 15 is 0 Å². The smallest absolute Gasteiger partial charge is 0.398 e. The Bertz CT molecular complexity index is 705. The first-order valence-corrected chi connectivity index (χ1v) is 8.17. The molecule has 1 aromatic heterocycles. The number of hydrogen-bond donors (Lipinski definition) is 1. The van der Waals surface area contributed by atoms with Gasteiger partial charge >= 0.3 is 7.12 Å². The molecule has 0 radical (unpaired) electrons. The molecule has 0 bridgehead atoms. The van der Waals surface area contributed by atoms with Crippen LogP contribution in [0.25, 0.3) is 10.9 Å². The zero-order chi connectivity index (χ0) is 16.3. The van der Waals surface area contributed by atoms with E-state index in [1.54, 1.807) is 0 Å². The van der Waals surface area contributed by atoms with Crippen LogP contribution in [0.5, 0.6) is 0 Å². The number of H-pyrrole nitrogens is 1. The Kier molecular flexibility index (Phi) is 3.63. The first kappa shape index (κ1) is 15.9. The van der Waals surface area contributed by atoms with Crippen molar-refractivity contribution >= 4 is 35.2 Å². The Hall–Kier alpha value is -0.965. The monoisotopic (exact) mass is 319 g/mol. The number of fused-ring (bicyclic) bond motifs is 1. The van der Waals surface area contributed by atoms with Gasteiger partial charge in [0.25, 0.3) is 0 Å². The highest BCUT2D eigenvalue weighted by molar-refractivity contribution is 6.62. The number of nitrogens with one attached hydrogen (secondary N) is 1. The van der Waals surface area contributed by atoms with Gasteiger partial charge in [-0.2, -0.15) is 0 Å². The van der Waals surface area contributed by atoms with E-state index in [0.717, 1.165) is 21.5 Å². The van der Waals surface area contributed by atoms with E-state index < -0.39 is 0 Å². The second-order valence-corrected chi connectivity index (χ2v) is 7.82. The van der Waals surface area contributed by atoms with Gasteiger partial charge in [0.1, 0.15) is 0 Å².